The molecule has 0 saturated carbocycles. The van der Waals surface area contributed by atoms with Gasteiger partial charge >= 0.3 is 0 Å². The van der Waals surface area contributed by atoms with Crippen molar-refractivity contribution in [2.75, 3.05) is 13.7 Å². The number of ether oxygens (including phenoxy) is 1. The summed E-state index contributed by atoms with van der Waals surface area (Å²) in [6, 6.07) is 8.47. The summed E-state index contributed by atoms with van der Waals surface area (Å²) in [4.78, 5) is 10.9. The minimum absolute atomic E-state index is 0.281. The van der Waals surface area contributed by atoms with Crippen LogP contribution in [0.2, 0.25) is 0 Å². The maximum Gasteiger partial charge on any atom is 0.225 e. The second kappa shape index (κ2) is 5.17. The molecule has 1 aromatic carbocycles. The number of hydrogen-bond acceptors (Lipinski definition) is 4. The van der Waals surface area contributed by atoms with E-state index in [0.29, 0.717) is 0 Å². The summed E-state index contributed by atoms with van der Waals surface area (Å²) >= 11 is 3.47. The zero-order valence-electron chi connectivity index (χ0n) is 10.6. The van der Waals surface area contributed by atoms with Crippen LogP contribution in [0.1, 0.15) is 18.0 Å². The summed E-state index contributed by atoms with van der Waals surface area (Å²) in [6.45, 7) is 0.811. The second-order valence-corrected chi connectivity index (χ2v) is 5.35. The molecule has 0 spiro atoms. The predicted octanol–water partition coefficient (Wildman–Crippen LogP) is 3.12. The summed E-state index contributed by atoms with van der Waals surface area (Å²) in [6.07, 6.45) is 4.81. The normalized spacial score (nSPS) is 21.6. The lowest BCUT2D eigenvalue weighted by Gasteiger charge is -2.34. The van der Waals surface area contributed by atoms with Gasteiger partial charge in [-0.1, -0.05) is 12.1 Å². The molecule has 0 bridgehead atoms. The van der Waals surface area contributed by atoms with Crippen molar-refractivity contribution in [1.82, 2.24) is 4.90 Å². The van der Waals surface area contributed by atoms with E-state index in [4.69, 9.17) is 4.74 Å². The number of hydrogen-bond donors (Lipinski definition) is 0. The zero-order valence-corrected chi connectivity index (χ0v) is 12.2. The maximum absolute atomic E-state index is 5.20. The van der Waals surface area contributed by atoms with E-state index in [0.717, 1.165) is 29.2 Å². The van der Waals surface area contributed by atoms with Gasteiger partial charge in [-0.3, -0.25) is 4.99 Å². The van der Waals surface area contributed by atoms with Crippen molar-refractivity contribution in [1.29, 1.82) is 0 Å². The average Bonchev–Trinajstić information content (AvgIpc) is 2.47. The van der Waals surface area contributed by atoms with Gasteiger partial charge in [0.2, 0.25) is 5.96 Å². The fourth-order valence-electron chi connectivity index (χ4n) is 2.34. The Kier molecular flexibility index (Phi) is 3.38. The molecule has 2 aliphatic heterocycles. The highest BCUT2D eigenvalue weighted by atomic mass is 79.9. The number of aliphatic imine (C=N–C) groups is 2. The van der Waals surface area contributed by atoms with Crippen LogP contribution in [0.25, 0.3) is 0 Å². The van der Waals surface area contributed by atoms with E-state index >= 15 is 0 Å². The third kappa shape index (κ3) is 2.42. The molecule has 0 saturated heterocycles. The number of guanidine groups is 1. The maximum atomic E-state index is 5.20. The Hall–Kier alpha value is -1.62. The molecule has 0 aliphatic carbocycles. The number of rotatable bonds is 2. The summed E-state index contributed by atoms with van der Waals surface area (Å²) in [5.41, 5.74) is 1.25. The second-order valence-electron chi connectivity index (χ2n) is 4.44. The molecular weight excluding hydrogens is 306 g/mol. The lowest BCUT2D eigenvalue weighted by Crippen LogP contribution is -2.35. The Morgan fingerprint density at radius 2 is 2.11 bits per heavy atom. The van der Waals surface area contributed by atoms with E-state index in [2.05, 4.69) is 42.9 Å². The van der Waals surface area contributed by atoms with Crippen LogP contribution >= 0.6 is 15.9 Å². The van der Waals surface area contributed by atoms with Crippen molar-refractivity contribution in [2.45, 2.75) is 12.5 Å². The first kappa shape index (κ1) is 12.4. The van der Waals surface area contributed by atoms with E-state index in [9.17, 15) is 0 Å². The Labute approximate surface area is 120 Å². The number of benzene rings is 1. The Balaban J connectivity index is 1.92. The molecule has 1 atom stereocenters. The Bertz CT molecular complexity index is 563. The van der Waals surface area contributed by atoms with Crippen LogP contribution in [0.15, 0.2) is 44.9 Å². The average molecular weight is 320 g/mol. The van der Waals surface area contributed by atoms with Crippen molar-refractivity contribution in [3.05, 3.63) is 40.5 Å². The number of nitrogens with zero attached hydrogens (tertiary/aromatic N) is 3. The van der Waals surface area contributed by atoms with Gasteiger partial charge in [-0.05, 0) is 40.0 Å². The van der Waals surface area contributed by atoms with Gasteiger partial charge in [-0.15, -0.1) is 0 Å². The van der Waals surface area contributed by atoms with Crippen molar-refractivity contribution in [2.24, 2.45) is 9.98 Å². The Morgan fingerprint density at radius 3 is 2.84 bits per heavy atom. The van der Waals surface area contributed by atoms with Gasteiger partial charge in [0.25, 0.3) is 0 Å². The smallest absolute Gasteiger partial charge is 0.225 e. The van der Waals surface area contributed by atoms with Crippen molar-refractivity contribution >= 4 is 28.1 Å². The topological polar surface area (TPSA) is 37.2 Å². The highest BCUT2D eigenvalue weighted by molar-refractivity contribution is 9.12. The first-order valence-corrected chi connectivity index (χ1v) is 6.95. The van der Waals surface area contributed by atoms with Gasteiger partial charge in [0.1, 0.15) is 5.75 Å². The van der Waals surface area contributed by atoms with E-state index in [-0.39, 0.29) is 6.04 Å². The van der Waals surface area contributed by atoms with Crippen molar-refractivity contribution in [3.63, 3.8) is 0 Å². The molecule has 4 nitrogen and oxygen atoms in total. The van der Waals surface area contributed by atoms with Crippen LogP contribution in [0.5, 0.6) is 5.75 Å². The number of methoxy groups -OCH3 is 1. The summed E-state index contributed by atoms with van der Waals surface area (Å²) < 4.78 is 6.16. The zero-order chi connectivity index (χ0) is 13.2. The van der Waals surface area contributed by atoms with Crippen molar-refractivity contribution < 1.29 is 4.74 Å². The van der Waals surface area contributed by atoms with E-state index in [1.807, 2.05) is 18.3 Å². The molecule has 0 aromatic heterocycles. The molecule has 1 aromatic rings. The van der Waals surface area contributed by atoms with Crippen LogP contribution in [0.4, 0.5) is 0 Å². The third-order valence-corrected chi connectivity index (χ3v) is 3.70. The van der Waals surface area contributed by atoms with Gasteiger partial charge in [0, 0.05) is 19.0 Å². The van der Waals surface area contributed by atoms with Crippen LogP contribution in [-0.4, -0.2) is 30.7 Å². The summed E-state index contributed by atoms with van der Waals surface area (Å²) in [5, 5.41) is 0. The van der Waals surface area contributed by atoms with E-state index < -0.39 is 0 Å². The fourth-order valence-corrected chi connectivity index (χ4v) is 2.66. The van der Waals surface area contributed by atoms with Gasteiger partial charge in [-0.25, -0.2) is 4.99 Å². The molecule has 0 radical (unpaired) electrons. The quantitative estimate of drug-likeness (QED) is 0.839. The van der Waals surface area contributed by atoms with E-state index in [1.54, 1.807) is 13.3 Å². The lowest BCUT2D eigenvalue weighted by molar-refractivity contribution is 0.365. The van der Waals surface area contributed by atoms with Gasteiger partial charge in [0.05, 0.1) is 17.6 Å². The summed E-state index contributed by atoms with van der Waals surface area (Å²) in [7, 11) is 1.68. The molecule has 1 unspecified atom stereocenters. The largest absolute Gasteiger partial charge is 0.497 e. The molecule has 19 heavy (non-hydrogen) atoms. The highest BCUT2D eigenvalue weighted by Crippen LogP contribution is 2.32. The molecule has 3 rings (SSSR count). The molecular formula is C14H14BrN3O. The molecule has 98 valence electrons. The van der Waals surface area contributed by atoms with Gasteiger partial charge < -0.3 is 9.64 Å². The molecule has 0 amide bonds. The number of allylic oxidation sites excluding steroid dienone is 1. The fraction of sp³-hybridized carbons (Fsp3) is 0.286. The monoisotopic (exact) mass is 319 g/mol. The first-order chi connectivity index (χ1) is 9.28. The van der Waals surface area contributed by atoms with Crippen LogP contribution < -0.4 is 4.74 Å². The first-order valence-electron chi connectivity index (χ1n) is 6.16. The van der Waals surface area contributed by atoms with E-state index in [1.165, 1.54) is 5.56 Å². The Morgan fingerprint density at radius 1 is 1.32 bits per heavy atom. The molecule has 5 heteroatoms. The molecule has 0 fully saturated rings. The minimum Gasteiger partial charge on any atom is -0.497 e. The standard InChI is InChI=1S/C14H14BrN3O/c1-19-12-4-2-10(3-5-12)13-6-7-16-14-17-8-11(15)9-18(13)14/h2-5,8-9,13H,6-7H2,1H3. The van der Waals surface area contributed by atoms with Crippen LogP contribution in [0.3, 0.4) is 0 Å². The summed E-state index contributed by atoms with van der Waals surface area (Å²) in [5.74, 6) is 1.66. The predicted molar refractivity (Wildman–Crippen MR) is 80.0 cm³/mol. The SMILES string of the molecule is COc1ccc(C2CCN=C3N=CC(Br)=CN32)cc1. The van der Waals surface area contributed by atoms with Gasteiger partial charge in [-0.2, -0.15) is 0 Å². The van der Waals surface area contributed by atoms with Gasteiger partial charge in [0.15, 0.2) is 0 Å². The lowest BCUT2D eigenvalue weighted by atomic mass is 10.0. The third-order valence-electron chi connectivity index (χ3n) is 3.29. The molecule has 2 heterocycles. The van der Waals surface area contributed by atoms with Crippen molar-refractivity contribution in [3.8, 4) is 5.75 Å². The molecule has 0 N–H and O–H groups in total. The number of halogens is 1. The highest BCUT2D eigenvalue weighted by Gasteiger charge is 2.27. The number of fused-ring (bicyclic) bond motifs is 1. The minimum atomic E-state index is 0.281. The van der Waals surface area contributed by atoms with Crippen LogP contribution in [-0.2, 0) is 0 Å². The van der Waals surface area contributed by atoms with Crippen LogP contribution in [0, 0.1) is 0 Å². The molecule has 2 aliphatic rings.